The molecule has 3 aromatic rings. The number of aromatic nitrogens is 1. The van der Waals surface area contributed by atoms with Gasteiger partial charge in [-0.15, -0.1) is 0 Å². The molecule has 1 aromatic heterocycles. The maximum Gasteiger partial charge on any atom is 0.416 e. The van der Waals surface area contributed by atoms with E-state index in [0.29, 0.717) is 21.6 Å². The summed E-state index contributed by atoms with van der Waals surface area (Å²) in [6, 6.07) is 12.5. The molecular weight excluding hydrogens is 337 g/mol. The van der Waals surface area contributed by atoms with Gasteiger partial charge in [-0.3, -0.25) is 4.99 Å². The molecule has 0 bridgehead atoms. The molecule has 0 N–H and O–H groups in total. The fraction of sp³-hybridized carbons (Fsp3) is 0.167. The van der Waals surface area contributed by atoms with Crippen LogP contribution < -0.4 is 5.49 Å². The van der Waals surface area contributed by atoms with Gasteiger partial charge < -0.3 is 4.57 Å². The summed E-state index contributed by atoms with van der Waals surface area (Å²) in [5, 5.41) is 1.47. The van der Waals surface area contributed by atoms with Gasteiger partial charge in [-0.05, 0) is 41.3 Å². The van der Waals surface area contributed by atoms with E-state index in [2.05, 4.69) is 4.99 Å². The molecular formula is C18H14ClF3N2. The van der Waals surface area contributed by atoms with Crippen molar-refractivity contribution in [2.45, 2.75) is 6.18 Å². The van der Waals surface area contributed by atoms with E-state index in [4.69, 9.17) is 11.6 Å². The molecule has 2 nitrogen and oxygen atoms in total. The van der Waals surface area contributed by atoms with Gasteiger partial charge >= 0.3 is 6.18 Å². The normalized spacial score (nSPS) is 12.8. The predicted octanol–water partition coefficient (Wildman–Crippen LogP) is 5.05. The SMILES string of the molecule is CN=c1c(-c2cccc(C(F)(F)F)c2)cc2ccc(Cl)cc2n1C. The predicted molar refractivity (Wildman–Crippen MR) is 89.9 cm³/mol. The summed E-state index contributed by atoms with van der Waals surface area (Å²) < 4.78 is 40.8. The van der Waals surface area contributed by atoms with Crippen molar-refractivity contribution < 1.29 is 13.2 Å². The molecule has 0 unspecified atom stereocenters. The largest absolute Gasteiger partial charge is 0.416 e. The first kappa shape index (κ1) is 16.6. The summed E-state index contributed by atoms with van der Waals surface area (Å²) >= 11 is 6.04. The van der Waals surface area contributed by atoms with Gasteiger partial charge in [-0.1, -0.05) is 29.8 Å². The van der Waals surface area contributed by atoms with Gasteiger partial charge in [0.05, 0.1) is 11.1 Å². The Labute approximate surface area is 141 Å². The Bertz CT molecular complexity index is 988. The second kappa shape index (κ2) is 5.98. The zero-order chi connectivity index (χ0) is 17.5. The average Bonchev–Trinajstić information content (AvgIpc) is 2.54. The number of benzene rings is 2. The third kappa shape index (κ3) is 2.91. The summed E-state index contributed by atoms with van der Waals surface area (Å²) in [6.07, 6.45) is -4.38. The van der Waals surface area contributed by atoms with Gasteiger partial charge in [0.25, 0.3) is 0 Å². The molecule has 0 spiro atoms. The molecule has 0 amide bonds. The number of rotatable bonds is 1. The second-order valence-electron chi connectivity index (χ2n) is 5.45. The Kier molecular flexibility index (Phi) is 4.13. The lowest BCUT2D eigenvalue weighted by Gasteiger charge is -2.13. The lowest BCUT2D eigenvalue weighted by atomic mass is 10.0. The van der Waals surface area contributed by atoms with E-state index in [1.54, 1.807) is 19.2 Å². The lowest BCUT2D eigenvalue weighted by molar-refractivity contribution is -0.137. The molecule has 124 valence electrons. The third-order valence-corrected chi connectivity index (χ3v) is 4.16. The Morgan fingerprint density at radius 2 is 1.79 bits per heavy atom. The topological polar surface area (TPSA) is 17.3 Å². The number of alkyl halides is 3. The third-order valence-electron chi connectivity index (χ3n) is 3.92. The molecule has 3 rings (SSSR count). The van der Waals surface area contributed by atoms with Crippen molar-refractivity contribution in [1.82, 2.24) is 4.57 Å². The maximum absolute atomic E-state index is 13.0. The van der Waals surface area contributed by atoms with Crippen molar-refractivity contribution in [3.05, 3.63) is 64.6 Å². The van der Waals surface area contributed by atoms with Crippen LogP contribution in [-0.2, 0) is 13.2 Å². The van der Waals surface area contributed by atoms with Crippen LogP contribution in [0.4, 0.5) is 13.2 Å². The zero-order valence-corrected chi connectivity index (χ0v) is 13.8. The quantitative estimate of drug-likeness (QED) is 0.584. The molecule has 0 radical (unpaired) electrons. The molecule has 0 saturated heterocycles. The highest BCUT2D eigenvalue weighted by Crippen LogP contribution is 2.32. The van der Waals surface area contributed by atoms with E-state index in [-0.39, 0.29) is 0 Å². The smallest absolute Gasteiger partial charge is 0.329 e. The first-order chi connectivity index (χ1) is 11.3. The van der Waals surface area contributed by atoms with Crippen LogP contribution in [0.15, 0.2) is 53.5 Å². The van der Waals surface area contributed by atoms with Crippen molar-refractivity contribution in [2.75, 3.05) is 7.05 Å². The fourth-order valence-corrected chi connectivity index (χ4v) is 2.96. The van der Waals surface area contributed by atoms with Gasteiger partial charge in [-0.2, -0.15) is 13.2 Å². The van der Waals surface area contributed by atoms with E-state index in [1.165, 1.54) is 6.07 Å². The van der Waals surface area contributed by atoms with E-state index < -0.39 is 11.7 Å². The van der Waals surface area contributed by atoms with Crippen LogP contribution in [0.3, 0.4) is 0 Å². The highest BCUT2D eigenvalue weighted by atomic mass is 35.5. The minimum Gasteiger partial charge on any atom is -0.329 e. The Hall–Kier alpha value is -2.27. The molecule has 1 heterocycles. The Balaban J connectivity index is 2.33. The number of nitrogens with zero attached hydrogens (tertiary/aromatic N) is 2. The Morgan fingerprint density at radius 3 is 2.46 bits per heavy atom. The van der Waals surface area contributed by atoms with Crippen molar-refractivity contribution in [2.24, 2.45) is 12.0 Å². The number of aryl methyl sites for hydroxylation is 1. The molecule has 6 heteroatoms. The van der Waals surface area contributed by atoms with Crippen LogP contribution in [0, 0.1) is 0 Å². The van der Waals surface area contributed by atoms with Gasteiger partial charge in [0.15, 0.2) is 0 Å². The maximum atomic E-state index is 13.0. The summed E-state index contributed by atoms with van der Waals surface area (Å²) in [5.74, 6) is 0. The van der Waals surface area contributed by atoms with Gasteiger partial charge in [0.2, 0.25) is 0 Å². The number of pyridine rings is 1. The Morgan fingerprint density at radius 1 is 1.04 bits per heavy atom. The number of fused-ring (bicyclic) bond motifs is 1. The number of halogens is 4. The summed E-state index contributed by atoms with van der Waals surface area (Å²) in [6.45, 7) is 0. The molecule has 2 aromatic carbocycles. The van der Waals surface area contributed by atoms with Crippen LogP contribution in [0.2, 0.25) is 5.02 Å². The number of hydrogen-bond donors (Lipinski definition) is 0. The van der Waals surface area contributed by atoms with E-state index in [1.807, 2.05) is 29.8 Å². The van der Waals surface area contributed by atoms with Gasteiger partial charge in [-0.25, -0.2) is 0 Å². The first-order valence-electron chi connectivity index (χ1n) is 7.21. The monoisotopic (exact) mass is 350 g/mol. The lowest BCUT2D eigenvalue weighted by Crippen LogP contribution is -2.21. The fourth-order valence-electron chi connectivity index (χ4n) is 2.79. The second-order valence-corrected chi connectivity index (χ2v) is 5.88. The summed E-state index contributed by atoms with van der Waals surface area (Å²) in [7, 11) is 3.43. The minimum atomic E-state index is -4.38. The van der Waals surface area contributed by atoms with Crippen LogP contribution in [0.25, 0.3) is 22.0 Å². The van der Waals surface area contributed by atoms with Crippen molar-refractivity contribution in [3.8, 4) is 11.1 Å². The summed E-state index contributed by atoms with van der Waals surface area (Å²) in [4.78, 5) is 4.26. The molecule has 0 aliphatic heterocycles. The molecule has 0 fully saturated rings. The van der Waals surface area contributed by atoms with Crippen LogP contribution in [0.1, 0.15) is 5.56 Å². The molecule has 0 saturated carbocycles. The zero-order valence-electron chi connectivity index (χ0n) is 13.0. The summed E-state index contributed by atoms with van der Waals surface area (Å²) in [5.41, 5.74) is 1.88. The van der Waals surface area contributed by atoms with Crippen molar-refractivity contribution >= 4 is 22.5 Å². The van der Waals surface area contributed by atoms with Crippen LogP contribution in [0.5, 0.6) is 0 Å². The van der Waals surface area contributed by atoms with E-state index in [9.17, 15) is 13.2 Å². The van der Waals surface area contributed by atoms with Gasteiger partial charge in [0.1, 0.15) is 5.49 Å². The molecule has 24 heavy (non-hydrogen) atoms. The minimum absolute atomic E-state index is 0.470. The van der Waals surface area contributed by atoms with Crippen molar-refractivity contribution in [3.63, 3.8) is 0 Å². The highest BCUT2D eigenvalue weighted by Gasteiger charge is 2.30. The van der Waals surface area contributed by atoms with Gasteiger partial charge in [0, 0.05) is 24.7 Å². The average molecular weight is 351 g/mol. The molecule has 0 aliphatic carbocycles. The highest BCUT2D eigenvalue weighted by molar-refractivity contribution is 6.31. The number of hydrogen-bond acceptors (Lipinski definition) is 1. The van der Waals surface area contributed by atoms with Crippen LogP contribution in [-0.4, -0.2) is 11.6 Å². The molecule has 0 atom stereocenters. The van der Waals surface area contributed by atoms with E-state index in [0.717, 1.165) is 23.0 Å². The van der Waals surface area contributed by atoms with Crippen molar-refractivity contribution in [1.29, 1.82) is 0 Å². The molecule has 0 aliphatic rings. The first-order valence-corrected chi connectivity index (χ1v) is 7.59. The van der Waals surface area contributed by atoms with E-state index >= 15 is 0 Å². The standard InChI is InChI=1S/C18H14ClF3N2/c1-23-17-15(11-4-3-5-13(8-11)18(20,21)22)9-12-6-7-14(19)10-16(12)24(17)2/h3-10H,1-2H3. The van der Waals surface area contributed by atoms with Crippen LogP contribution >= 0.6 is 11.6 Å².